The highest BCUT2D eigenvalue weighted by Gasteiger charge is 2.18. The smallest absolute Gasteiger partial charge is 0.307 e. The number of amides is 1. The number of carbonyl (C=O) groups excluding carboxylic acids is 2. The van der Waals surface area contributed by atoms with Crippen LogP contribution in [-0.4, -0.2) is 39.5 Å². The van der Waals surface area contributed by atoms with E-state index in [-0.39, 0.29) is 36.4 Å². The molecule has 1 fully saturated rings. The Morgan fingerprint density at radius 3 is 2.50 bits per heavy atom. The van der Waals surface area contributed by atoms with E-state index in [1.807, 2.05) is 24.3 Å². The van der Waals surface area contributed by atoms with Crippen LogP contribution in [0.5, 0.6) is 0 Å². The van der Waals surface area contributed by atoms with Gasteiger partial charge in [-0.25, -0.2) is 13.1 Å². The van der Waals surface area contributed by atoms with Gasteiger partial charge >= 0.3 is 5.97 Å². The van der Waals surface area contributed by atoms with E-state index in [1.54, 1.807) is 12.1 Å². The summed E-state index contributed by atoms with van der Waals surface area (Å²) in [5, 5.41) is 4.59. The summed E-state index contributed by atoms with van der Waals surface area (Å²) in [4.78, 5) is 23.6. The molecule has 0 aliphatic heterocycles. The summed E-state index contributed by atoms with van der Waals surface area (Å²) in [5.74, 6) is -0.945. The molecule has 1 amide bonds. The molecule has 0 unspecified atom stereocenters. The van der Waals surface area contributed by atoms with E-state index in [0.29, 0.717) is 0 Å². The van der Waals surface area contributed by atoms with E-state index in [0.717, 1.165) is 36.5 Å². The lowest BCUT2D eigenvalue weighted by Gasteiger charge is -2.12. The molecule has 0 bridgehead atoms. The molecule has 150 valence electrons. The molecule has 2 aromatic rings. The Morgan fingerprint density at radius 2 is 1.75 bits per heavy atom. The van der Waals surface area contributed by atoms with Crippen LogP contribution in [-0.2, 0) is 24.3 Å². The molecular formula is C20H24N2O5S. The maximum absolute atomic E-state index is 12.4. The first kappa shape index (κ1) is 20.3. The van der Waals surface area contributed by atoms with Crippen LogP contribution in [0.2, 0.25) is 0 Å². The third kappa shape index (κ3) is 5.53. The number of sulfonamides is 1. The van der Waals surface area contributed by atoms with Crippen molar-refractivity contribution in [1.29, 1.82) is 0 Å². The quantitative estimate of drug-likeness (QED) is 0.656. The molecule has 1 aliphatic rings. The fourth-order valence-electron chi connectivity index (χ4n) is 3.26. The Labute approximate surface area is 164 Å². The van der Waals surface area contributed by atoms with Gasteiger partial charge in [-0.3, -0.25) is 9.59 Å². The van der Waals surface area contributed by atoms with Crippen LogP contribution < -0.4 is 10.0 Å². The molecule has 0 saturated heterocycles. The first-order valence-corrected chi connectivity index (χ1v) is 10.9. The van der Waals surface area contributed by atoms with Crippen molar-refractivity contribution in [1.82, 2.24) is 10.0 Å². The highest BCUT2D eigenvalue weighted by Crippen LogP contribution is 2.19. The summed E-state index contributed by atoms with van der Waals surface area (Å²) in [6.45, 7) is -0.439. The molecular weight excluding hydrogens is 380 g/mol. The minimum atomic E-state index is -3.73. The number of hydrogen-bond donors (Lipinski definition) is 2. The number of fused-ring (bicyclic) bond motifs is 1. The van der Waals surface area contributed by atoms with E-state index in [4.69, 9.17) is 4.74 Å². The number of hydrogen-bond acceptors (Lipinski definition) is 5. The maximum atomic E-state index is 12.4. The number of rotatable bonds is 8. The first-order chi connectivity index (χ1) is 13.4. The lowest BCUT2D eigenvalue weighted by molar-refractivity contribution is -0.148. The molecule has 7 nitrogen and oxygen atoms in total. The second-order valence-electron chi connectivity index (χ2n) is 6.87. The summed E-state index contributed by atoms with van der Waals surface area (Å²) in [7, 11) is -3.73. The van der Waals surface area contributed by atoms with E-state index in [1.165, 1.54) is 6.07 Å². The van der Waals surface area contributed by atoms with Gasteiger partial charge < -0.3 is 10.1 Å². The number of carbonyl (C=O) groups is 2. The van der Waals surface area contributed by atoms with E-state index in [9.17, 15) is 18.0 Å². The Kier molecular flexibility index (Phi) is 6.64. The van der Waals surface area contributed by atoms with Crippen molar-refractivity contribution >= 4 is 32.7 Å². The zero-order valence-electron chi connectivity index (χ0n) is 15.5. The topological polar surface area (TPSA) is 102 Å². The van der Waals surface area contributed by atoms with Crippen LogP contribution in [0, 0.1) is 0 Å². The van der Waals surface area contributed by atoms with Crippen molar-refractivity contribution in [2.45, 2.75) is 43.0 Å². The molecule has 0 spiro atoms. The van der Waals surface area contributed by atoms with E-state index < -0.39 is 16.0 Å². The van der Waals surface area contributed by atoms with Crippen LogP contribution in [0.1, 0.15) is 32.1 Å². The lowest BCUT2D eigenvalue weighted by Crippen LogP contribution is -2.36. The largest absolute Gasteiger partial charge is 0.456 e. The van der Waals surface area contributed by atoms with Crippen molar-refractivity contribution in [3.05, 3.63) is 42.5 Å². The van der Waals surface area contributed by atoms with Gasteiger partial charge in [0.15, 0.2) is 6.61 Å². The maximum Gasteiger partial charge on any atom is 0.307 e. The van der Waals surface area contributed by atoms with Gasteiger partial charge in [-0.05, 0) is 35.7 Å². The van der Waals surface area contributed by atoms with Crippen LogP contribution in [0.15, 0.2) is 47.4 Å². The Bertz CT molecular complexity index is 952. The highest BCUT2D eigenvalue weighted by molar-refractivity contribution is 7.89. The second kappa shape index (κ2) is 9.16. The Morgan fingerprint density at radius 1 is 1.04 bits per heavy atom. The van der Waals surface area contributed by atoms with Crippen molar-refractivity contribution in [2.24, 2.45) is 0 Å². The molecule has 28 heavy (non-hydrogen) atoms. The van der Waals surface area contributed by atoms with Gasteiger partial charge in [-0.15, -0.1) is 0 Å². The zero-order chi connectivity index (χ0) is 20.0. The predicted molar refractivity (Wildman–Crippen MR) is 105 cm³/mol. The van der Waals surface area contributed by atoms with Crippen molar-refractivity contribution in [3.63, 3.8) is 0 Å². The molecule has 0 radical (unpaired) electrons. The summed E-state index contributed by atoms with van der Waals surface area (Å²) >= 11 is 0. The van der Waals surface area contributed by atoms with Gasteiger partial charge in [0.2, 0.25) is 10.0 Å². The third-order valence-electron chi connectivity index (χ3n) is 4.74. The van der Waals surface area contributed by atoms with Crippen molar-refractivity contribution < 1.29 is 22.7 Å². The first-order valence-electron chi connectivity index (χ1n) is 9.37. The minimum absolute atomic E-state index is 0.0990. The summed E-state index contributed by atoms with van der Waals surface area (Å²) in [6, 6.07) is 12.5. The van der Waals surface area contributed by atoms with E-state index >= 15 is 0 Å². The number of benzene rings is 2. The van der Waals surface area contributed by atoms with Crippen molar-refractivity contribution in [2.75, 3.05) is 13.2 Å². The summed E-state index contributed by atoms with van der Waals surface area (Å²) in [5.41, 5.74) is 0. The van der Waals surface area contributed by atoms with Crippen LogP contribution in [0.3, 0.4) is 0 Å². The molecule has 0 atom stereocenters. The molecule has 0 heterocycles. The highest BCUT2D eigenvalue weighted by atomic mass is 32.2. The summed E-state index contributed by atoms with van der Waals surface area (Å²) < 4.78 is 32.1. The van der Waals surface area contributed by atoms with Gasteiger partial charge in [0.25, 0.3) is 5.91 Å². The van der Waals surface area contributed by atoms with Gasteiger partial charge in [-0.1, -0.05) is 43.2 Å². The van der Waals surface area contributed by atoms with Gasteiger partial charge in [0.05, 0.1) is 11.3 Å². The fourth-order valence-corrected chi connectivity index (χ4v) is 4.33. The fraction of sp³-hybridized carbons (Fsp3) is 0.400. The standard InChI is InChI=1S/C20H24N2O5S/c23-19(22-17-7-3-4-8-17)14-27-20(24)11-12-21-28(25,26)18-10-9-15-5-1-2-6-16(15)13-18/h1-2,5-6,9-10,13,17,21H,3-4,7-8,11-12,14H2,(H,22,23). The lowest BCUT2D eigenvalue weighted by atomic mass is 10.1. The van der Waals surface area contributed by atoms with Crippen LogP contribution in [0.25, 0.3) is 10.8 Å². The van der Waals surface area contributed by atoms with Crippen molar-refractivity contribution in [3.8, 4) is 0 Å². The Balaban J connectivity index is 1.43. The molecule has 8 heteroatoms. The molecule has 0 aromatic heterocycles. The molecule has 3 rings (SSSR count). The van der Waals surface area contributed by atoms with E-state index in [2.05, 4.69) is 10.0 Å². The number of nitrogens with one attached hydrogen (secondary N) is 2. The molecule has 1 saturated carbocycles. The van der Waals surface area contributed by atoms with Gasteiger partial charge in [-0.2, -0.15) is 0 Å². The van der Waals surface area contributed by atoms with Crippen LogP contribution >= 0.6 is 0 Å². The third-order valence-corrected chi connectivity index (χ3v) is 6.20. The number of ether oxygens (including phenoxy) is 1. The summed E-state index contributed by atoms with van der Waals surface area (Å²) in [6.07, 6.45) is 3.96. The normalized spacial score (nSPS) is 14.9. The van der Waals surface area contributed by atoms with Crippen LogP contribution in [0.4, 0.5) is 0 Å². The Hall–Kier alpha value is -2.45. The average Bonchev–Trinajstić information content (AvgIpc) is 3.19. The molecule has 2 N–H and O–H groups in total. The minimum Gasteiger partial charge on any atom is -0.456 e. The monoisotopic (exact) mass is 404 g/mol. The predicted octanol–water partition coefficient (Wildman–Crippen LogP) is 2.11. The molecule has 2 aromatic carbocycles. The van der Waals surface area contributed by atoms with Gasteiger partial charge in [0, 0.05) is 12.6 Å². The molecule has 1 aliphatic carbocycles. The number of esters is 1. The average molecular weight is 404 g/mol. The SMILES string of the molecule is O=C(COC(=O)CCNS(=O)(=O)c1ccc2ccccc2c1)NC1CCCC1. The second-order valence-corrected chi connectivity index (χ2v) is 8.63. The van der Waals surface area contributed by atoms with Gasteiger partial charge in [0.1, 0.15) is 0 Å². The zero-order valence-corrected chi connectivity index (χ0v) is 16.3.